The molecule has 1 atom stereocenters. The zero-order valence-electron chi connectivity index (χ0n) is 10.8. The van der Waals surface area contributed by atoms with Crippen molar-refractivity contribution in [3.8, 4) is 0 Å². The van der Waals surface area contributed by atoms with Crippen LogP contribution in [0.2, 0.25) is 0 Å². The van der Waals surface area contributed by atoms with Gasteiger partial charge in [-0.15, -0.1) is 0 Å². The summed E-state index contributed by atoms with van der Waals surface area (Å²) in [6.07, 6.45) is 0.992. The van der Waals surface area contributed by atoms with E-state index in [2.05, 4.69) is 19.2 Å². The lowest BCUT2D eigenvalue weighted by Gasteiger charge is -2.07. The van der Waals surface area contributed by atoms with E-state index in [0.717, 1.165) is 25.3 Å². The molecule has 0 aromatic heterocycles. The Balaban J connectivity index is 2.10. The molecule has 2 nitrogen and oxygen atoms in total. The molecule has 1 aromatic carbocycles. The summed E-state index contributed by atoms with van der Waals surface area (Å²) in [7, 11) is -0.725. The predicted molar refractivity (Wildman–Crippen MR) is 75.5 cm³/mol. The maximum atomic E-state index is 11.8. The molecule has 0 aliphatic rings. The van der Waals surface area contributed by atoms with Crippen molar-refractivity contribution >= 4 is 10.8 Å². The second-order valence-corrected chi connectivity index (χ2v) is 6.30. The highest BCUT2D eigenvalue weighted by Gasteiger charge is 2.01. The summed E-state index contributed by atoms with van der Waals surface area (Å²) in [5.41, 5.74) is 1.17. The third kappa shape index (κ3) is 7.29. The molecule has 1 rings (SSSR count). The van der Waals surface area contributed by atoms with Gasteiger partial charge in [0.15, 0.2) is 0 Å². The quantitative estimate of drug-likeness (QED) is 0.722. The molecule has 0 saturated carbocycles. The molecule has 1 N–H and O–H groups in total. The van der Waals surface area contributed by atoms with Gasteiger partial charge in [0.25, 0.3) is 0 Å². The predicted octanol–water partition coefficient (Wildman–Crippen LogP) is 2.57. The molecule has 3 heteroatoms. The summed E-state index contributed by atoms with van der Waals surface area (Å²) in [6.45, 7) is 6.41. The molecule has 0 radical (unpaired) electrons. The van der Waals surface area contributed by atoms with Gasteiger partial charge in [0, 0.05) is 22.3 Å². The summed E-state index contributed by atoms with van der Waals surface area (Å²) in [5, 5.41) is 3.37. The van der Waals surface area contributed by atoms with Crippen molar-refractivity contribution in [3.63, 3.8) is 0 Å². The van der Waals surface area contributed by atoms with E-state index in [1.54, 1.807) is 0 Å². The van der Waals surface area contributed by atoms with E-state index in [0.29, 0.717) is 11.7 Å². The van der Waals surface area contributed by atoms with Crippen LogP contribution in [0.1, 0.15) is 25.8 Å². The van der Waals surface area contributed by atoms with Crippen molar-refractivity contribution in [1.82, 2.24) is 5.32 Å². The first-order valence-corrected chi connectivity index (χ1v) is 7.77. The van der Waals surface area contributed by atoms with Crippen molar-refractivity contribution in [2.75, 3.05) is 18.8 Å². The van der Waals surface area contributed by atoms with Crippen LogP contribution in [0.4, 0.5) is 0 Å². The Morgan fingerprint density at radius 1 is 1.24 bits per heavy atom. The lowest BCUT2D eigenvalue weighted by atomic mass is 10.2. The minimum Gasteiger partial charge on any atom is -0.316 e. The highest BCUT2D eigenvalue weighted by atomic mass is 32.2. The average Bonchev–Trinajstić information content (AvgIpc) is 2.29. The largest absolute Gasteiger partial charge is 0.316 e. The average molecular weight is 253 g/mol. The van der Waals surface area contributed by atoms with E-state index in [4.69, 9.17) is 0 Å². The first kappa shape index (κ1) is 14.4. The van der Waals surface area contributed by atoms with Crippen LogP contribution in [0, 0.1) is 5.92 Å². The number of benzene rings is 1. The van der Waals surface area contributed by atoms with Gasteiger partial charge in [0.05, 0.1) is 0 Å². The smallest absolute Gasteiger partial charge is 0.0485 e. The summed E-state index contributed by atoms with van der Waals surface area (Å²) in [4.78, 5) is 0. The van der Waals surface area contributed by atoms with Gasteiger partial charge in [-0.1, -0.05) is 44.2 Å². The van der Waals surface area contributed by atoms with Crippen molar-refractivity contribution < 1.29 is 4.21 Å². The van der Waals surface area contributed by atoms with E-state index < -0.39 is 10.8 Å². The Morgan fingerprint density at radius 2 is 1.94 bits per heavy atom. The monoisotopic (exact) mass is 253 g/mol. The van der Waals surface area contributed by atoms with Gasteiger partial charge < -0.3 is 5.32 Å². The number of rotatable bonds is 8. The van der Waals surface area contributed by atoms with Crippen molar-refractivity contribution in [1.29, 1.82) is 0 Å². The molecule has 0 heterocycles. The molecule has 0 spiro atoms. The van der Waals surface area contributed by atoms with Crippen LogP contribution >= 0.6 is 0 Å². The van der Waals surface area contributed by atoms with Gasteiger partial charge in [-0.25, -0.2) is 0 Å². The summed E-state index contributed by atoms with van der Waals surface area (Å²) in [5.74, 6) is 2.16. The Bertz CT molecular complexity index is 324. The highest BCUT2D eigenvalue weighted by Crippen LogP contribution is 2.03. The van der Waals surface area contributed by atoms with Crippen molar-refractivity contribution in [2.24, 2.45) is 5.92 Å². The maximum Gasteiger partial charge on any atom is 0.0485 e. The molecular formula is C14H23NOS. The Morgan fingerprint density at radius 3 is 2.59 bits per heavy atom. The van der Waals surface area contributed by atoms with Crippen LogP contribution in [0.3, 0.4) is 0 Å². The fourth-order valence-electron chi connectivity index (χ4n) is 1.58. The van der Waals surface area contributed by atoms with Crippen LogP contribution in [0.15, 0.2) is 30.3 Å². The molecule has 17 heavy (non-hydrogen) atoms. The van der Waals surface area contributed by atoms with Crippen molar-refractivity contribution in [3.05, 3.63) is 35.9 Å². The molecule has 96 valence electrons. The Hall–Kier alpha value is -0.670. The van der Waals surface area contributed by atoms with E-state index in [1.165, 1.54) is 5.56 Å². The first-order chi connectivity index (χ1) is 8.18. The third-order valence-corrected chi connectivity index (χ3v) is 3.85. The molecular weight excluding hydrogens is 230 g/mol. The number of hydrogen-bond acceptors (Lipinski definition) is 2. The molecule has 1 unspecified atom stereocenters. The SMILES string of the molecule is CC(C)CNCCCS(=O)Cc1ccccc1. The van der Waals surface area contributed by atoms with Gasteiger partial charge in [-0.3, -0.25) is 4.21 Å². The van der Waals surface area contributed by atoms with E-state index >= 15 is 0 Å². The number of hydrogen-bond donors (Lipinski definition) is 1. The van der Waals surface area contributed by atoms with Crippen LogP contribution in [0.5, 0.6) is 0 Å². The van der Waals surface area contributed by atoms with Crippen LogP contribution in [-0.4, -0.2) is 23.1 Å². The summed E-state index contributed by atoms with van der Waals surface area (Å²) >= 11 is 0. The topological polar surface area (TPSA) is 29.1 Å². The molecule has 0 aliphatic heterocycles. The highest BCUT2D eigenvalue weighted by molar-refractivity contribution is 7.84. The minimum absolute atomic E-state index is 0.685. The molecule has 0 saturated heterocycles. The van der Waals surface area contributed by atoms with Crippen LogP contribution in [0.25, 0.3) is 0 Å². The van der Waals surface area contributed by atoms with Gasteiger partial charge >= 0.3 is 0 Å². The van der Waals surface area contributed by atoms with Gasteiger partial charge in [-0.05, 0) is 31.0 Å². The number of nitrogens with one attached hydrogen (secondary N) is 1. The zero-order valence-corrected chi connectivity index (χ0v) is 11.6. The summed E-state index contributed by atoms with van der Waals surface area (Å²) in [6, 6.07) is 10.1. The van der Waals surface area contributed by atoms with Gasteiger partial charge in [0.2, 0.25) is 0 Å². The van der Waals surface area contributed by atoms with Gasteiger partial charge in [-0.2, -0.15) is 0 Å². The lowest BCUT2D eigenvalue weighted by Crippen LogP contribution is -2.22. The van der Waals surface area contributed by atoms with Gasteiger partial charge in [0.1, 0.15) is 0 Å². The minimum atomic E-state index is -0.725. The molecule has 0 fully saturated rings. The fourth-order valence-corrected chi connectivity index (χ4v) is 2.76. The molecule has 1 aromatic rings. The van der Waals surface area contributed by atoms with Crippen molar-refractivity contribution in [2.45, 2.75) is 26.0 Å². The zero-order chi connectivity index (χ0) is 12.5. The van der Waals surface area contributed by atoms with E-state index in [9.17, 15) is 4.21 Å². The van der Waals surface area contributed by atoms with Crippen LogP contribution < -0.4 is 5.32 Å². The third-order valence-electron chi connectivity index (χ3n) is 2.45. The lowest BCUT2D eigenvalue weighted by molar-refractivity contribution is 0.550. The molecule has 0 aliphatic carbocycles. The van der Waals surface area contributed by atoms with E-state index in [1.807, 2.05) is 30.3 Å². The second-order valence-electron chi connectivity index (χ2n) is 4.73. The molecule has 0 bridgehead atoms. The first-order valence-electron chi connectivity index (χ1n) is 6.28. The summed E-state index contributed by atoms with van der Waals surface area (Å²) < 4.78 is 11.8. The Labute approximate surface area is 107 Å². The van der Waals surface area contributed by atoms with Crippen LogP contribution in [-0.2, 0) is 16.6 Å². The standard InChI is InChI=1S/C14H23NOS/c1-13(2)11-15-9-6-10-17(16)12-14-7-4-3-5-8-14/h3-5,7-8,13,15H,6,9-12H2,1-2H3. The normalized spacial score (nSPS) is 12.9. The fraction of sp³-hybridized carbons (Fsp3) is 0.571. The second kappa shape index (κ2) is 8.43. The molecule has 0 amide bonds. The van der Waals surface area contributed by atoms with E-state index in [-0.39, 0.29) is 0 Å². The maximum absolute atomic E-state index is 11.8. The Kier molecular flexibility index (Phi) is 7.13.